The maximum Gasteiger partial charge on any atom is 0.0317 e. The molecular weight excluding hydrogens is 420 g/mol. The molecule has 3 aromatic carbocycles. The van der Waals surface area contributed by atoms with E-state index in [-0.39, 0.29) is 0 Å². The van der Waals surface area contributed by atoms with Crippen LogP contribution in [0.1, 0.15) is 78.3 Å². The average Bonchev–Trinajstić information content (AvgIpc) is 3.23. The number of benzene rings is 3. The van der Waals surface area contributed by atoms with Crippen LogP contribution in [0.4, 0.5) is 0 Å². The van der Waals surface area contributed by atoms with Crippen LogP contribution in [0.5, 0.6) is 0 Å². The normalized spacial score (nSPS) is 18.4. The van der Waals surface area contributed by atoms with Crippen molar-refractivity contribution in [2.45, 2.75) is 44.9 Å². The summed E-state index contributed by atoms with van der Waals surface area (Å²) in [5.74, 6) is 0.332. The lowest BCUT2D eigenvalue weighted by atomic mass is 9.70. The van der Waals surface area contributed by atoms with Crippen molar-refractivity contribution in [1.82, 2.24) is 0 Å². The Morgan fingerprint density at radius 3 is 2.23 bits per heavy atom. The SMILES string of the molecule is C=C(C)c1ccc(C(=C)CC2=C(c3ccccc3)C(=C)C3C4=C(CCCC4)c4cccc2c43)cc1. The van der Waals surface area contributed by atoms with E-state index in [4.69, 9.17) is 6.58 Å². The van der Waals surface area contributed by atoms with Gasteiger partial charge in [0.15, 0.2) is 0 Å². The van der Waals surface area contributed by atoms with Crippen molar-refractivity contribution in [1.29, 1.82) is 0 Å². The predicted octanol–water partition coefficient (Wildman–Crippen LogP) is 9.73. The van der Waals surface area contributed by atoms with E-state index in [1.165, 1.54) is 75.8 Å². The number of hydrogen-bond acceptors (Lipinski definition) is 0. The highest BCUT2D eigenvalue weighted by Gasteiger charge is 2.40. The minimum absolute atomic E-state index is 0.332. The first kappa shape index (κ1) is 21.9. The molecule has 0 aromatic heterocycles. The Balaban J connectivity index is 1.51. The summed E-state index contributed by atoms with van der Waals surface area (Å²) in [6.07, 6.45) is 5.80. The summed E-state index contributed by atoms with van der Waals surface area (Å²) in [6, 6.07) is 26.5. The fourth-order valence-corrected chi connectivity index (χ4v) is 6.44. The number of hydrogen-bond donors (Lipinski definition) is 0. The van der Waals surface area contributed by atoms with E-state index in [2.05, 4.69) is 92.9 Å². The van der Waals surface area contributed by atoms with Gasteiger partial charge in [-0.3, -0.25) is 0 Å². The molecule has 0 nitrogen and oxygen atoms in total. The van der Waals surface area contributed by atoms with Crippen LogP contribution in [-0.2, 0) is 0 Å². The lowest BCUT2D eigenvalue weighted by Crippen LogP contribution is -2.14. The van der Waals surface area contributed by atoms with Crippen LogP contribution in [0.25, 0.3) is 27.9 Å². The average molecular weight is 453 g/mol. The molecule has 35 heavy (non-hydrogen) atoms. The molecule has 3 aromatic rings. The Morgan fingerprint density at radius 2 is 1.49 bits per heavy atom. The summed E-state index contributed by atoms with van der Waals surface area (Å²) < 4.78 is 0. The van der Waals surface area contributed by atoms with Crippen LogP contribution in [0.2, 0.25) is 0 Å². The first-order chi connectivity index (χ1) is 17.0. The minimum Gasteiger partial charge on any atom is -0.0955 e. The first-order valence-corrected chi connectivity index (χ1v) is 12.8. The molecule has 1 atom stereocenters. The molecule has 0 spiro atoms. The van der Waals surface area contributed by atoms with Gasteiger partial charge in [-0.15, -0.1) is 0 Å². The second-order valence-corrected chi connectivity index (χ2v) is 10.3. The van der Waals surface area contributed by atoms with Crippen molar-refractivity contribution in [3.8, 4) is 0 Å². The molecule has 0 aliphatic heterocycles. The maximum atomic E-state index is 4.78. The van der Waals surface area contributed by atoms with Gasteiger partial charge in [0.25, 0.3) is 0 Å². The predicted molar refractivity (Wildman–Crippen MR) is 152 cm³/mol. The molecule has 1 unspecified atom stereocenters. The topological polar surface area (TPSA) is 0 Å². The van der Waals surface area contributed by atoms with Crippen LogP contribution >= 0.6 is 0 Å². The third-order valence-electron chi connectivity index (χ3n) is 8.11. The highest BCUT2D eigenvalue weighted by molar-refractivity contribution is 6.07. The Morgan fingerprint density at radius 1 is 0.800 bits per heavy atom. The lowest BCUT2D eigenvalue weighted by molar-refractivity contribution is 0.694. The van der Waals surface area contributed by atoms with Gasteiger partial charge in [0, 0.05) is 5.92 Å². The Kier molecular flexibility index (Phi) is 5.33. The molecule has 0 saturated heterocycles. The van der Waals surface area contributed by atoms with Gasteiger partial charge in [0.2, 0.25) is 0 Å². The van der Waals surface area contributed by atoms with Crippen molar-refractivity contribution in [2.75, 3.05) is 0 Å². The molecule has 0 amide bonds. The summed E-state index contributed by atoms with van der Waals surface area (Å²) in [5.41, 5.74) is 17.4. The number of allylic oxidation sites excluding steroid dienone is 7. The van der Waals surface area contributed by atoms with E-state index < -0.39 is 0 Å². The maximum absolute atomic E-state index is 4.78. The van der Waals surface area contributed by atoms with Crippen LogP contribution in [0.3, 0.4) is 0 Å². The zero-order chi connectivity index (χ0) is 24.1. The van der Waals surface area contributed by atoms with Gasteiger partial charge < -0.3 is 0 Å². The highest BCUT2D eigenvalue weighted by atomic mass is 14.4. The van der Waals surface area contributed by atoms with Gasteiger partial charge in [0.1, 0.15) is 0 Å². The summed E-state index contributed by atoms with van der Waals surface area (Å²) >= 11 is 0. The van der Waals surface area contributed by atoms with Crippen LogP contribution in [0, 0.1) is 0 Å². The molecule has 0 heterocycles. The van der Waals surface area contributed by atoms with Crippen LogP contribution < -0.4 is 0 Å². The van der Waals surface area contributed by atoms with Crippen molar-refractivity contribution in [2.24, 2.45) is 0 Å². The molecule has 0 N–H and O–H groups in total. The number of rotatable bonds is 5. The van der Waals surface area contributed by atoms with Crippen molar-refractivity contribution in [3.63, 3.8) is 0 Å². The van der Waals surface area contributed by atoms with Gasteiger partial charge in [-0.05, 0) is 100 Å². The molecule has 0 saturated carbocycles. The van der Waals surface area contributed by atoms with E-state index in [9.17, 15) is 0 Å². The minimum atomic E-state index is 0.332. The summed E-state index contributed by atoms with van der Waals surface area (Å²) in [4.78, 5) is 0. The number of fused-ring (bicyclic) bond motifs is 2. The lowest BCUT2D eigenvalue weighted by Gasteiger charge is -2.33. The van der Waals surface area contributed by atoms with Crippen molar-refractivity contribution < 1.29 is 0 Å². The zero-order valence-corrected chi connectivity index (χ0v) is 20.7. The van der Waals surface area contributed by atoms with Gasteiger partial charge in [0.05, 0.1) is 0 Å². The second-order valence-electron chi connectivity index (χ2n) is 10.3. The van der Waals surface area contributed by atoms with E-state index in [0.29, 0.717) is 5.92 Å². The van der Waals surface area contributed by atoms with E-state index in [0.717, 1.165) is 17.6 Å². The van der Waals surface area contributed by atoms with Crippen molar-refractivity contribution in [3.05, 3.63) is 137 Å². The van der Waals surface area contributed by atoms with Gasteiger partial charge in [-0.1, -0.05) is 104 Å². The fraction of sp³-hybridized carbons (Fsp3) is 0.200. The van der Waals surface area contributed by atoms with Gasteiger partial charge in [-0.2, -0.15) is 0 Å². The Labute approximate surface area is 209 Å². The smallest absolute Gasteiger partial charge is 0.0317 e. The molecule has 6 rings (SSSR count). The molecule has 0 fully saturated rings. The van der Waals surface area contributed by atoms with E-state index in [1.54, 1.807) is 11.1 Å². The Bertz CT molecular complexity index is 1440. The largest absolute Gasteiger partial charge is 0.0955 e. The Hall–Kier alpha value is -3.64. The second kappa shape index (κ2) is 8.54. The zero-order valence-electron chi connectivity index (χ0n) is 20.7. The first-order valence-electron chi connectivity index (χ1n) is 12.8. The molecule has 172 valence electrons. The van der Waals surface area contributed by atoms with Crippen LogP contribution in [-0.4, -0.2) is 0 Å². The molecule has 0 bridgehead atoms. The van der Waals surface area contributed by atoms with E-state index >= 15 is 0 Å². The summed E-state index contributed by atoms with van der Waals surface area (Å²) in [7, 11) is 0. The fourth-order valence-electron chi connectivity index (χ4n) is 6.44. The quantitative estimate of drug-likeness (QED) is 0.361. The summed E-state index contributed by atoms with van der Waals surface area (Å²) in [5, 5.41) is 0. The standard InChI is InChI=1S/C35H32/c1-22(2)25-17-19-26(20-18-25)23(3)21-32-31-16-10-15-30-28-13-8-9-14-29(28)34(35(30)31)24(4)33(32)27-11-6-5-7-12-27/h5-7,10-12,15-20,34H,1,3-4,8-9,13-14,21H2,2H3. The van der Waals surface area contributed by atoms with Crippen LogP contribution in [0.15, 0.2) is 104 Å². The molecule has 0 heteroatoms. The van der Waals surface area contributed by atoms with Gasteiger partial charge >= 0.3 is 0 Å². The molecule has 0 radical (unpaired) electrons. The third-order valence-corrected chi connectivity index (χ3v) is 8.11. The van der Waals surface area contributed by atoms with Gasteiger partial charge in [-0.25, -0.2) is 0 Å². The van der Waals surface area contributed by atoms with E-state index in [1.807, 2.05) is 0 Å². The van der Waals surface area contributed by atoms with Crippen molar-refractivity contribution >= 4 is 27.9 Å². The third kappa shape index (κ3) is 3.51. The monoisotopic (exact) mass is 452 g/mol. The molecule has 3 aliphatic carbocycles. The molecule has 3 aliphatic rings. The molecular formula is C35H32. The summed E-state index contributed by atoms with van der Waals surface area (Å²) in [6.45, 7) is 15.5. The highest BCUT2D eigenvalue weighted by Crippen LogP contribution is 2.59.